The van der Waals surface area contributed by atoms with Crippen LogP contribution >= 0.6 is 23.2 Å². The Balaban J connectivity index is 1.97. The van der Waals surface area contributed by atoms with Gasteiger partial charge in [-0.1, -0.05) is 46.6 Å². The molecule has 3 rings (SSSR count). The Labute approximate surface area is 134 Å². The molecule has 0 radical (unpaired) electrons. The van der Waals surface area contributed by atoms with Gasteiger partial charge in [0.2, 0.25) is 11.6 Å². The third-order valence-electron chi connectivity index (χ3n) is 2.90. The zero-order valence-electron chi connectivity index (χ0n) is 10.9. The van der Waals surface area contributed by atoms with Crippen LogP contribution in [0.5, 0.6) is 0 Å². The summed E-state index contributed by atoms with van der Waals surface area (Å²) in [6, 6.07) is 11.1. The molecule has 110 valence electrons. The summed E-state index contributed by atoms with van der Waals surface area (Å²) in [5, 5.41) is 3.46. The molecule has 0 saturated carbocycles. The van der Waals surface area contributed by atoms with Crippen LogP contribution in [0.3, 0.4) is 0 Å². The van der Waals surface area contributed by atoms with Gasteiger partial charge in [-0.15, -0.1) is 0 Å². The van der Waals surface area contributed by atoms with Crippen LogP contribution in [0.15, 0.2) is 47.0 Å². The second-order valence-corrected chi connectivity index (χ2v) is 5.18. The number of hydrogen-bond donors (Lipinski definition) is 0. The first kappa shape index (κ1) is 14.7. The highest BCUT2D eigenvalue weighted by Gasteiger charge is 2.21. The maximum atomic E-state index is 13.5. The van der Waals surface area contributed by atoms with Gasteiger partial charge in [-0.25, -0.2) is 4.39 Å². The van der Waals surface area contributed by atoms with Gasteiger partial charge < -0.3 is 4.52 Å². The fourth-order valence-corrected chi connectivity index (χ4v) is 2.30. The van der Waals surface area contributed by atoms with Crippen molar-refractivity contribution in [2.24, 2.45) is 0 Å². The molecule has 7 heteroatoms. The number of hydrogen-bond acceptors (Lipinski definition) is 4. The van der Waals surface area contributed by atoms with E-state index in [0.29, 0.717) is 5.56 Å². The number of halogens is 3. The second-order valence-electron chi connectivity index (χ2n) is 4.36. The standard InChI is InChI=1S/C15H7Cl2FN2O2/c16-10-7-11(17)12(18)6-9(10)13(21)14-19-15(22-20-14)8-4-2-1-3-5-8/h1-7H. The van der Waals surface area contributed by atoms with Gasteiger partial charge in [-0.2, -0.15) is 4.98 Å². The molecule has 2 aromatic carbocycles. The van der Waals surface area contributed by atoms with Crippen LogP contribution < -0.4 is 0 Å². The molecule has 22 heavy (non-hydrogen) atoms. The molecule has 0 atom stereocenters. The topological polar surface area (TPSA) is 56.0 Å². The van der Waals surface area contributed by atoms with Gasteiger partial charge in [0, 0.05) is 11.1 Å². The van der Waals surface area contributed by atoms with Crippen molar-refractivity contribution < 1.29 is 13.7 Å². The lowest BCUT2D eigenvalue weighted by molar-refractivity contribution is 0.102. The van der Waals surface area contributed by atoms with Crippen LogP contribution in [0.25, 0.3) is 11.5 Å². The number of carbonyl (C=O) groups excluding carboxylic acids is 1. The predicted octanol–water partition coefficient (Wildman–Crippen LogP) is 4.41. The lowest BCUT2D eigenvalue weighted by atomic mass is 10.1. The molecule has 1 heterocycles. The van der Waals surface area contributed by atoms with E-state index in [4.69, 9.17) is 27.7 Å². The molecule has 1 aromatic heterocycles. The summed E-state index contributed by atoms with van der Waals surface area (Å²) in [6.45, 7) is 0. The maximum absolute atomic E-state index is 13.5. The lowest BCUT2D eigenvalue weighted by Gasteiger charge is -2.02. The number of ketones is 1. The predicted molar refractivity (Wildman–Crippen MR) is 79.6 cm³/mol. The smallest absolute Gasteiger partial charge is 0.258 e. The first-order valence-corrected chi connectivity index (χ1v) is 6.90. The van der Waals surface area contributed by atoms with Crippen LogP contribution in [0, 0.1) is 5.82 Å². The maximum Gasteiger partial charge on any atom is 0.258 e. The van der Waals surface area contributed by atoms with Crippen molar-refractivity contribution in [1.29, 1.82) is 0 Å². The summed E-state index contributed by atoms with van der Waals surface area (Å²) in [6.07, 6.45) is 0. The van der Waals surface area contributed by atoms with Gasteiger partial charge in [0.05, 0.1) is 10.0 Å². The van der Waals surface area contributed by atoms with E-state index in [1.807, 2.05) is 6.07 Å². The van der Waals surface area contributed by atoms with Gasteiger partial charge >= 0.3 is 0 Å². The van der Waals surface area contributed by atoms with Crippen molar-refractivity contribution in [3.05, 3.63) is 69.7 Å². The molecule has 3 aromatic rings. The minimum atomic E-state index is -0.749. The highest BCUT2D eigenvalue weighted by atomic mass is 35.5. The van der Waals surface area contributed by atoms with Crippen molar-refractivity contribution >= 4 is 29.0 Å². The van der Waals surface area contributed by atoms with Crippen LogP contribution in [0.4, 0.5) is 4.39 Å². The summed E-state index contributed by atoms with van der Waals surface area (Å²) in [5.74, 6) is -1.41. The normalized spacial score (nSPS) is 10.7. The van der Waals surface area contributed by atoms with Gasteiger partial charge in [0.25, 0.3) is 5.89 Å². The molecule has 0 aliphatic heterocycles. The first-order valence-electron chi connectivity index (χ1n) is 6.14. The van der Waals surface area contributed by atoms with E-state index in [9.17, 15) is 9.18 Å². The highest BCUT2D eigenvalue weighted by Crippen LogP contribution is 2.26. The molecule has 0 saturated heterocycles. The Morgan fingerprint density at radius 3 is 2.55 bits per heavy atom. The molecule has 0 aliphatic rings. The molecular weight excluding hydrogens is 330 g/mol. The molecule has 4 nitrogen and oxygen atoms in total. The number of rotatable bonds is 3. The lowest BCUT2D eigenvalue weighted by Crippen LogP contribution is -2.05. The van der Waals surface area contributed by atoms with E-state index in [-0.39, 0.29) is 27.3 Å². The Morgan fingerprint density at radius 1 is 1.09 bits per heavy atom. The fraction of sp³-hybridized carbons (Fsp3) is 0. The Hall–Kier alpha value is -2.24. The third kappa shape index (κ3) is 2.73. The van der Waals surface area contributed by atoms with Crippen LogP contribution in [0.1, 0.15) is 16.2 Å². The average Bonchev–Trinajstić information content (AvgIpc) is 3.01. The Kier molecular flexibility index (Phi) is 3.92. The van der Waals surface area contributed by atoms with E-state index in [1.165, 1.54) is 0 Å². The van der Waals surface area contributed by atoms with E-state index in [0.717, 1.165) is 12.1 Å². The fourth-order valence-electron chi connectivity index (χ4n) is 1.83. The molecule has 0 amide bonds. The van der Waals surface area contributed by atoms with Gasteiger partial charge in [-0.3, -0.25) is 4.79 Å². The van der Waals surface area contributed by atoms with E-state index in [2.05, 4.69) is 10.1 Å². The van der Waals surface area contributed by atoms with Crippen molar-refractivity contribution in [2.45, 2.75) is 0 Å². The zero-order chi connectivity index (χ0) is 15.7. The van der Waals surface area contributed by atoms with Crippen molar-refractivity contribution in [3.63, 3.8) is 0 Å². The minimum absolute atomic E-state index is 0.0162. The van der Waals surface area contributed by atoms with Crippen LogP contribution in [0.2, 0.25) is 10.0 Å². The number of nitrogens with zero attached hydrogens (tertiary/aromatic N) is 2. The van der Waals surface area contributed by atoms with Gasteiger partial charge in [-0.05, 0) is 24.3 Å². The molecule has 0 bridgehead atoms. The Morgan fingerprint density at radius 2 is 1.82 bits per heavy atom. The summed E-state index contributed by atoms with van der Waals surface area (Å²) in [7, 11) is 0. The Bertz CT molecular complexity index is 850. The SMILES string of the molecule is O=C(c1noc(-c2ccccc2)n1)c1cc(F)c(Cl)cc1Cl. The van der Waals surface area contributed by atoms with E-state index in [1.54, 1.807) is 24.3 Å². The van der Waals surface area contributed by atoms with E-state index < -0.39 is 11.6 Å². The summed E-state index contributed by atoms with van der Waals surface area (Å²) >= 11 is 11.5. The number of aromatic nitrogens is 2. The average molecular weight is 337 g/mol. The monoisotopic (exact) mass is 336 g/mol. The number of carbonyl (C=O) groups is 1. The highest BCUT2D eigenvalue weighted by molar-refractivity contribution is 6.37. The minimum Gasteiger partial charge on any atom is -0.333 e. The second kappa shape index (κ2) is 5.87. The molecular formula is C15H7Cl2FN2O2. The largest absolute Gasteiger partial charge is 0.333 e. The summed E-state index contributed by atoms with van der Waals surface area (Å²) in [5.41, 5.74) is 0.589. The molecule has 0 N–H and O–H groups in total. The van der Waals surface area contributed by atoms with Crippen LogP contribution in [-0.4, -0.2) is 15.9 Å². The van der Waals surface area contributed by atoms with E-state index >= 15 is 0 Å². The quantitative estimate of drug-likeness (QED) is 0.525. The molecule has 0 unspecified atom stereocenters. The third-order valence-corrected chi connectivity index (χ3v) is 3.51. The van der Waals surface area contributed by atoms with Crippen molar-refractivity contribution in [3.8, 4) is 11.5 Å². The number of benzene rings is 2. The summed E-state index contributed by atoms with van der Waals surface area (Å²) in [4.78, 5) is 16.3. The molecule has 0 spiro atoms. The van der Waals surface area contributed by atoms with Crippen molar-refractivity contribution in [2.75, 3.05) is 0 Å². The van der Waals surface area contributed by atoms with Gasteiger partial charge in [0.15, 0.2) is 0 Å². The molecule has 0 aliphatic carbocycles. The van der Waals surface area contributed by atoms with Crippen molar-refractivity contribution in [1.82, 2.24) is 10.1 Å². The first-order chi connectivity index (χ1) is 10.6. The molecule has 0 fully saturated rings. The van der Waals surface area contributed by atoms with Crippen LogP contribution in [-0.2, 0) is 0 Å². The summed E-state index contributed by atoms with van der Waals surface area (Å²) < 4.78 is 18.5. The van der Waals surface area contributed by atoms with Gasteiger partial charge in [0.1, 0.15) is 5.82 Å². The zero-order valence-corrected chi connectivity index (χ0v) is 12.4.